The first kappa shape index (κ1) is 25.3. The minimum absolute atomic E-state index is 0.322. The molecule has 3 rings (SSSR count). The number of benzene rings is 3. The average Bonchev–Trinajstić information content (AvgIpc) is 2.83. The van der Waals surface area contributed by atoms with Crippen molar-refractivity contribution in [2.45, 2.75) is 39.2 Å². The molecule has 1 atom stereocenters. The van der Waals surface area contributed by atoms with Gasteiger partial charge in [-0.2, -0.15) is 0 Å². The minimum Gasteiger partial charge on any atom is -0.493 e. The summed E-state index contributed by atoms with van der Waals surface area (Å²) in [6.07, 6.45) is 1.34. The van der Waals surface area contributed by atoms with Crippen molar-refractivity contribution in [3.8, 4) is 22.6 Å². The van der Waals surface area contributed by atoms with Crippen LogP contribution in [-0.2, 0) is 22.4 Å². The Morgan fingerprint density at radius 3 is 1.65 bits per heavy atom. The van der Waals surface area contributed by atoms with Crippen LogP contribution in [0.15, 0.2) is 72.8 Å². The van der Waals surface area contributed by atoms with Crippen LogP contribution in [0.2, 0.25) is 0 Å². The van der Waals surface area contributed by atoms with Crippen LogP contribution in [0.5, 0.6) is 11.5 Å². The van der Waals surface area contributed by atoms with Crippen molar-refractivity contribution in [2.75, 3.05) is 20.3 Å². The summed E-state index contributed by atoms with van der Waals surface area (Å²) < 4.78 is 16.6. The molecule has 34 heavy (non-hydrogen) atoms. The molecular weight excluding hydrogens is 428 g/mol. The van der Waals surface area contributed by atoms with Gasteiger partial charge in [-0.15, -0.1) is 0 Å². The standard InChI is InChI=1S/C29H34O5/c1-21(2)19-22-5-9-24(10-6-22)25-11-15-27(16-12-25)34-18-4-17-33-26-13-7-23(8-14-26)20-28(32-3)29(30)31/h5-16,21,28H,4,17-20H2,1-3H3,(H,30,31). The highest BCUT2D eigenvalue weighted by molar-refractivity contribution is 5.72. The molecule has 1 N–H and O–H groups in total. The van der Waals surface area contributed by atoms with Crippen LogP contribution >= 0.6 is 0 Å². The molecule has 5 heteroatoms. The summed E-state index contributed by atoms with van der Waals surface area (Å²) in [6, 6.07) is 24.4. The van der Waals surface area contributed by atoms with E-state index in [2.05, 4.69) is 50.2 Å². The Morgan fingerprint density at radius 1 is 0.735 bits per heavy atom. The Morgan fingerprint density at radius 2 is 1.18 bits per heavy atom. The normalized spacial score (nSPS) is 11.9. The van der Waals surface area contributed by atoms with Gasteiger partial charge in [-0.3, -0.25) is 0 Å². The van der Waals surface area contributed by atoms with Gasteiger partial charge >= 0.3 is 5.97 Å². The zero-order valence-electron chi connectivity index (χ0n) is 20.2. The lowest BCUT2D eigenvalue weighted by atomic mass is 9.99. The molecule has 0 aliphatic heterocycles. The minimum atomic E-state index is -0.965. The van der Waals surface area contributed by atoms with E-state index in [9.17, 15) is 4.79 Å². The van der Waals surface area contributed by atoms with E-state index in [0.717, 1.165) is 29.9 Å². The maximum absolute atomic E-state index is 11.1. The maximum Gasteiger partial charge on any atom is 0.333 e. The van der Waals surface area contributed by atoms with E-state index in [1.54, 1.807) is 0 Å². The summed E-state index contributed by atoms with van der Waals surface area (Å²) in [5.74, 6) is 1.29. The van der Waals surface area contributed by atoms with Crippen molar-refractivity contribution in [2.24, 2.45) is 5.92 Å². The fourth-order valence-corrected chi connectivity index (χ4v) is 3.69. The van der Waals surface area contributed by atoms with Gasteiger partial charge < -0.3 is 19.3 Å². The van der Waals surface area contributed by atoms with E-state index >= 15 is 0 Å². The number of methoxy groups -OCH3 is 1. The largest absolute Gasteiger partial charge is 0.493 e. The molecule has 0 radical (unpaired) electrons. The highest BCUT2D eigenvalue weighted by atomic mass is 16.5. The average molecular weight is 463 g/mol. The second-order valence-electron chi connectivity index (χ2n) is 8.78. The first-order valence-corrected chi connectivity index (χ1v) is 11.7. The van der Waals surface area contributed by atoms with Gasteiger partial charge in [0.1, 0.15) is 11.5 Å². The quantitative estimate of drug-likeness (QED) is 0.314. The smallest absolute Gasteiger partial charge is 0.333 e. The molecule has 180 valence electrons. The molecule has 3 aromatic rings. The van der Waals surface area contributed by atoms with Gasteiger partial charge in [0, 0.05) is 20.0 Å². The molecule has 0 fully saturated rings. The van der Waals surface area contributed by atoms with Crippen LogP contribution < -0.4 is 9.47 Å². The van der Waals surface area contributed by atoms with E-state index < -0.39 is 12.1 Å². The van der Waals surface area contributed by atoms with Crippen LogP contribution in [-0.4, -0.2) is 37.5 Å². The number of carboxylic acids is 1. The third-order valence-electron chi connectivity index (χ3n) is 5.52. The van der Waals surface area contributed by atoms with Gasteiger partial charge in [0.05, 0.1) is 13.2 Å². The second-order valence-corrected chi connectivity index (χ2v) is 8.78. The molecule has 3 aromatic carbocycles. The van der Waals surface area contributed by atoms with Crippen molar-refractivity contribution in [3.63, 3.8) is 0 Å². The Balaban J connectivity index is 1.38. The molecule has 5 nitrogen and oxygen atoms in total. The second kappa shape index (κ2) is 12.8. The molecule has 0 bridgehead atoms. The zero-order chi connectivity index (χ0) is 24.3. The summed E-state index contributed by atoms with van der Waals surface area (Å²) in [6.45, 7) is 5.57. The van der Waals surface area contributed by atoms with Crippen LogP contribution in [0.4, 0.5) is 0 Å². The fourth-order valence-electron chi connectivity index (χ4n) is 3.69. The summed E-state index contributed by atoms with van der Waals surface area (Å²) in [5, 5.41) is 9.08. The number of rotatable bonds is 13. The number of hydrogen-bond donors (Lipinski definition) is 1. The first-order valence-electron chi connectivity index (χ1n) is 11.7. The SMILES string of the molecule is COC(Cc1ccc(OCCCOc2ccc(-c3ccc(CC(C)C)cc3)cc2)cc1)C(=O)O. The lowest BCUT2D eigenvalue weighted by Crippen LogP contribution is -2.24. The number of carbonyl (C=O) groups is 1. The predicted octanol–water partition coefficient (Wildman–Crippen LogP) is 6.04. The fraction of sp³-hybridized carbons (Fsp3) is 0.345. The van der Waals surface area contributed by atoms with Crippen LogP contribution in [0.25, 0.3) is 11.1 Å². The number of hydrogen-bond acceptors (Lipinski definition) is 4. The van der Waals surface area contributed by atoms with Crippen molar-refractivity contribution >= 4 is 5.97 Å². The monoisotopic (exact) mass is 462 g/mol. The van der Waals surface area contributed by atoms with Crippen LogP contribution in [0.1, 0.15) is 31.4 Å². The van der Waals surface area contributed by atoms with Crippen LogP contribution in [0.3, 0.4) is 0 Å². The summed E-state index contributed by atoms with van der Waals surface area (Å²) in [7, 11) is 1.40. The van der Waals surface area contributed by atoms with E-state index in [0.29, 0.717) is 25.6 Å². The van der Waals surface area contributed by atoms with Crippen molar-refractivity contribution in [1.82, 2.24) is 0 Å². The van der Waals surface area contributed by atoms with Gasteiger partial charge in [0.25, 0.3) is 0 Å². The first-order chi connectivity index (χ1) is 16.4. The van der Waals surface area contributed by atoms with Gasteiger partial charge in [0.15, 0.2) is 6.10 Å². The number of carboxylic acid groups (broad SMARTS) is 1. The van der Waals surface area contributed by atoms with Gasteiger partial charge in [0.2, 0.25) is 0 Å². The third-order valence-corrected chi connectivity index (χ3v) is 5.52. The molecule has 0 amide bonds. The molecule has 1 unspecified atom stereocenters. The Hall–Kier alpha value is -3.31. The number of ether oxygens (including phenoxy) is 3. The molecule has 0 aromatic heterocycles. The maximum atomic E-state index is 11.1. The highest BCUT2D eigenvalue weighted by Crippen LogP contribution is 2.23. The van der Waals surface area contributed by atoms with E-state index in [-0.39, 0.29) is 0 Å². The van der Waals surface area contributed by atoms with E-state index in [4.69, 9.17) is 19.3 Å². The Labute approximate surface area is 202 Å². The van der Waals surface area contributed by atoms with Crippen molar-refractivity contribution in [1.29, 1.82) is 0 Å². The summed E-state index contributed by atoms with van der Waals surface area (Å²) >= 11 is 0. The van der Waals surface area contributed by atoms with Gasteiger partial charge in [-0.1, -0.05) is 62.4 Å². The molecule has 0 saturated carbocycles. The highest BCUT2D eigenvalue weighted by Gasteiger charge is 2.16. The molecule has 0 saturated heterocycles. The number of aliphatic carboxylic acids is 1. The molecule has 0 aliphatic carbocycles. The molecule has 0 aliphatic rings. The van der Waals surface area contributed by atoms with E-state index in [1.807, 2.05) is 36.4 Å². The predicted molar refractivity (Wildman–Crippen MR) is 135 cm³/mol. The lowest BCUT2D eigenvalue weighted by Gasteiger charge is -2.11. The molecular formula is C29H34O5. The third kappa shape index (κ3) is 7.92. The zero-order valence-corrected chi connectivity index (χ0v) is 20.2. The van der Waals surface area contributed by atoms with Crippen molar-refractivity contribution < 1.29 is 24.1 Å². The lowest BCUT2D eigenvalue weighted by molar-refractivity contribution is -0.148. The van der Waals surface area contributed by atoms with Gasteiger partial charge in [-0.05, 0) is 58.9 Å². The summed E-state index contributed by atoms with van der Waals surface area (Å²) in [5.41, 5.74) is 4.64. The topological polar surface area (TPSA) is 65.0 Å². The van der Waals surface area contributed by atoms with Gasteiger partial charge in [-0.25, -0.2) is 4.79 Å². The Kier molecular flexibility index (Phi) is 9.53. The van der Waals surface area contributed by atoms with Crippen molar-refractivity contribution in [3.05, 3.63) is 83.9 Å². The molecule has 0 spiro atoms. The van der Waals surface area contributed by atoms with E-state index in [1.165, 1.54) is 23.8 Å². The summed E-state index contributed by atoms with van der Waals surface area (Å²) in [4.78, 5) is 11.1. The van der Waals surface area contributed by atoms with Crippen LogP contribution in [0, 0.1) is 5.92 Å². The molecule has 0 heterocycles. The Bertz CT molecular complexity index is 1010.